The smallest absolute Gasteiger partial charge is 0.248 e. The van der Waals surface area contributed by atoms with E-state index in [1.165, 1.54) is 14.2 Å². The second-order valence-electron chi connectivity index (χ2n) is 4.22. The summed E-state index contributed by atoms with van der Waals surface area (Å²) in [5, 5.41) is 28.5. The van der Waals surface area contributed by atoms with Crippen LogP contribution in [0.25, 0.3) is 0 Å². The Morgan fingerprint density at radius 1 is 1.29 bits per heavy atom. The van der Waals surface area contributed by atoms with Gasteiger partial charge in [-0.1, -0.05) is 6.92 Å². The highest BCUT2D eigenvalue weighted by Crippen LogP contribution is 2.13. The van der Waals surface area contributed by atoms with Gasteiger partial charge < -0.3 is 15.3 Å². The Balaban J connectivity index is 3.94. The van der Waals surface area contributed by atoms with Gasteiger partial charge in [-0.3, -0.25) is 9.63 Å². The van der Waals surface area contributed by atoms with Crippen molar-refractivity contribution >= 4 is 5.91 Å². The van der Waals surface area contributed by atoms with Crippen molar-refractivity contribution in [3.8, 4) is 0 Å². The van der Waals surface area contributed by atoms with E-state index in [0.717, 1.165) is 5.06 Å². The lowest BCUT2D eigenvalue weighted by Crippen LogP contribution is -2.32. The van der Waals surface area contributed by atoms with Crippen LogP contribution in [0.15, 0.2) is 0 Å². The molecule has 0 rings (SSSR count). The number of rotatable bonds is 8. The van der Waals surface area contributed by atoms with Gasteiger partial charge >= 0.3 is 0 Å². The average Bonchev–Trinajstić information content (AvgIpc) is 2.33. The molecule has 0 radical (unpaired) electrons. The number of hydroxylamine groups is 2. The SMILES string of the molecule is CON(C)C(=O)C(C)C[C@H](O)CCC(O)CO. The lowest BCUT2D eigenvalue weighted by atomic mass is 9.98. The van der Waals surface area contributed by atoms with Gasteiger partial charge in [0.15, 0.2) is 0 Å². The molecule has 0 aliphatic heterocycles. The van der Waals surface area contributed by atoms with Gasteiger partial charge in [-0.05, 0) is 19.3 Å². The first kappa shape index (κ1) is 16.3. The molecule has 0 aliphatic rings. The molecule has 0 saturated carbocycles. The predicted molar refractivity (Wildman–Crippen MR) is 61.9 cm³/mol. The largest absolute Gasteiger partial charge is 0.394 e. The molecule has 0 aromatic carbocycles. The third-order valence-electron chi connectivity index (χ3n) is 2.68. The predicted octanol–water partition coefficient (Wildman–Crippen LogP) is -0.473. The average molecular weight is 249 g/mol. The van der Waals surface area contributed by atoms with Crippen LogP contribution in [0.2, 0.25) is 0 Å². The Hall–Kier alpha value is -0.690. The number of amides is 1. The quantitative estimate of drug-likeness (QED) is 0.506. The maximum atomic E-state index is 11.6. The standard InChI is InChI=1S/C11H23NO5/c1-8(11(16)12(2)17-3)6-9(14)4-5-10(15)7-13/h8-10,13-15H,4-7H2,1-3H3/t8?,9-,10?/m1/s1. The maximum Gasteiger partial charge on any atom is 0.248 e. The van der Waals surface area contributed by atoms with Crippen molar-refractivity contribution in [2.24, 2.45) is 5.92 Å². The van der Waals surface area contributed by atoms with Gasteiger partial charge in [0, 0.05) is 13.0 Å². The van der Waals surface area contributed by atoms with Gasteiger partial charge in [-0.25, -0.2) is 5.06 Å². The van der Waals surface area contributed by atoms with Crippen molar-refractivity contribution < 1.29 is 25.0 Å². The van der Waals surface area contributed by atoms with E-state index in [1.807, 2.05) is 0 Å². The Bertz CT molecular complexity index is 224. The Kier molecular flexibility index (Phi) is 8.07. The monoisotopic (exact) mass is 249 g/mol. The number of aliphatic hydroxyl groups is 3. The van der Waals surface area contributed by atoms with Crippen LogP contribution in [0.1, 0.15) is 26.2 Å². The van der Waals surface area contributed by atoms with Crippen molar-refractivity contribution in [3.63, 3.8) is 0 Å². The van der Waals surface area contributed by atoms with E-state index in [-0.39, 0.29) is 18.4 Å². The number of carbonyl (C=O) groups excluding carboxylic acids is 1. The van der Waals surface area contributed by atoms with Gasteiger partial charge in [-0.2, -0.15) is 0 Å². The maximum absolute atomic E-state index is 11.6. The highest BCUT2D eigenvalue weighted by molar-refractivity contribution is 5.77. The zero-order valence-electron chi connectivity index (χ0n) is 10.7. The normalized spacial score (nSPS) is 16.4. The van der Waals surface area contributed by atoms with Crippen LogP contribution in [-0.2, 0) is 9.63 Å². The molecular formula is C11H23NO5. The molecule has 17 heavy (non-hydrogen) atoms. The first-order chi connectivity index (χ1) is 7.92. The van der Waals surface area contributed by atoms with E-state index in [4.69, 9.17) is 15.1 Å². The number of hydrogen-bond donors (Lipinski definition) is 3. The van der Waals surface area contributed by atoms with Crippen molar-refractivity contribution in [2.75, 3.05) is 20.8 Å². The number of hydrogen-bond acceptors (Lipinski definition) is 5. The third-order valence-corrected chi connectivity index (χ3v) is 2.68. The van der Waals surface area contributed by atoms with Gasteiger partial charge in [0.1, 0.15) is 0 Å². The van der Waals surface area contributed by atoms with Crippen molar-refractivity contribution in [1.29, 1.82) is 0 Å². The molecule has 2 unspecified atom stereocenters. The summed E-state index contributed by atoms with van der Waals surface area (Å²) in [7, 11) is 2.92. The van der Waals surface area contributed by atoms with Crippen LogP contribution in [0.5, 0.6) is 0 Å². The summed E-state index contributed by atoms with van der Waals surface area (Å²) in [6, 6.07) is 0. The summed E-state index contributed by atoms with van der Waals surface area (Å²) < 4.78 is 0. The van der Waals surface area contributed by atoms with Crippen LogP contribution in [0.4, 0.5) is 0 Å². The molecule has 6 nitrogen and oxygen atoms in total. The molecule has 3 N–H and O–H groups in total. The topological polar surface area (TPSA) is 90.2 Å². The molecule has 0 bridgehead atoms. The molecule has 1 amide bonds. The molecule has 0 heterocycles. The first-order valence-corrected chi connectivity index (χ1v) is 5.71. The van der Waals surface area contributed by atoms with Crippen LogP contribution < -0.4 is 0 Å². The molecule has 6 heteroatoms. The molecule has 102 valence electrons. The van der Waals surface area contributed by atoms with E-state index in [2.05, 4.69) is 0 Å². The molecule has 0 saturated heterocycles. The number of carbonyl (C=O) groups is 1. The minimum Gasteiger partial charge on any atom is -0.394 e. The van der Waals surface area contributed by atoms with E-state index in [0.29, 0.717) is 19.3 Å². The summed E-state index contributed by atoms with van der Waals surface area (Å²) in [5.74, 6) is -0.546. The minimum absolute atomic E-state index is 0.200. The summed E-state index contributed by atoms with van der Waals surface area (Å²) >= 11 is 0. The van der Waals surface area contributed by atoms with Crippen molar-refractivity contribution in [1.82, 2.24) is 5.06 Å². The summed E-state index contributed by atoms with van der Waals surface area (Å²) in [5.41, 5.74) is 0. The molecule has 0 aromatic rings. The fraction of sp³-hybridized carbons (Fsp3) is 0.909. The van der Waals surface area contributed by atoms with Gasteiger partial charge in [0.05, 0.1) is 25.9 Å². The van der Waals surface area contributed by atoms with Crippen LogP contribution in [0.3, 0.4) is 0 Å². The lowest BCUT2D eigenvalue weighted by Gasteiger charge is -2.21. The second kappa shape index (κ2) is 8.41. The zero-order valence-corrected chi connectivity index (χ0v) is 10.7. The summed E-state index contributed by atoms with van der Waals surface area (Å²) in [6.07, 6.45) is -0.489. The van der Waals surface area contributed by atoms with E-state index in [1.54, 1.807) is 6.92 Å². The Morgan fingerprint density at radius 2 is 1.82 bits per heavy atom. The van der Waals surface area contributed by atoms with Crippen LogP contribution in [0, 0.1) is 5.92 Å². The zero-order chi connectivity index (χ0) is 13.4. The van der Waals surface area contributed by atoms with E-state index in [9.17, 15) is 9.90 Å². The number of aliphatic hydroxyl groups excluding tert-OH is 3. The van der Waals surface area contributed by atoms with Crippen molar-refractivity contribution in [2.45, 2.75) is 38.4 Å². The molecule has 3 atom stereocenters. The van der Waals surface area contributed by atoms with E-state index < -0.39 is 12.2 Å². The van der Waals surface area contributed by atoms with Crippen molar-refractivity contribution in [3.05, 3.63) is 0 Å². The Morgan fingerprint density at radius 3 is 2.29 bits per heavy atom. The lowest BCUT2D eigenvalue weighted by molar-refractivity contribution is -0.173. The molecule has 0 aliphatic carbocycles. The Labute approximate surface area is 102 Å². The molecule has 0 fully saturated rings. The van der Waals surface area contributed by atoms with Gasteiger partial charge in [-0.15, -0.1) is 0 Å². The fourth-order valence-corrected chi connectivity index (χ4v) is 1.50. The van der Waals surface area contributed by atoms with E-state index >= 15 is 0 Å². The molecular weight excluding hydrogens is 226 g/mol. The van der Waals surface area contributed by atoms with Crippen LogP contribution >= 0.6 is 0 Å². The molecule has 0 spiro atoms. The third kappa shape index (κ3) is 6.58. The van der Waals surface area contributed by atoms with Gasteiger partial charge in [0.25, 0.3) is 0 Å². The first-order valence-electron chi connectivity index (χ1n) is 5.71. The highest BCUT2D eigenvalue weighted by Gasteiger charge is 2.21. The highest BCUT2D eigenvalue weighted by atomic mass is 16.7. The second-order valence-corrected chi connectivity index (χ2v) is 4.22. The minimum atomic E-state index is -0.808. The summed E-state index contributed by atoms with van der Waals surface area (Å²) in [6.45, 7) is 1.40. The number of nitrogens with zero attached hydrogens (tertiary/aromatic N) is 1. The van der Waals surface area contributed by atoms with Gasteiger partial charge in [0.2, 0.25) is 5.91 Å². The fourth-order valence-electron chi connectivity index (χ4n) is 1.50. The summed E-state index contributed by atoms with van der Waals surface area (Å²) in [4.78, 5) is 16.4. The van der Waals surface area contributed by atoms with Crippen LogP contribution in [-0.4, -0.2) is 59.3 Å². The molecule has 0 aromatic heterocycles.